The van der Waals surface area contributed by atoms with Crippen molar-refractivity contribution >= 4 is 5.91 Å². The number of nitrogens with one attached hydrogen (secondary N) is 1. The van der Waals surface area contributed by atoms with Crippen LogP contribution in [0.3, 0.4) is 0 Å². The smallest absolute Gasteiger partial charge is 0.222 e. The number of aliphatic hydroxyl groups excluding tert-OH is 1. The predicted molar refractivity (Wildman–Crippen MR) is 57.3 cm³/mol. The van der Waals surface area contributed by atoms with E-state index in [9.17, 15) is 9.90 Å². The number of benzene rings is 1. The molecule has 0 aliphatic carbocycles. The molecule has 80 valence electrons. The molecule has 1 saturated heterocycles. The molecule has 0 radical (unpaired) electrons. The van der Waals surface area contributed by atoms with Gasteiger partial charge >= 0.3 is 0 Å². The van der Waals surface area contributed by atoms with Crippen LogP contribution in [0.5, 0.6) is 0 Å². The minimum atomic E-state index is -0.742. The molecule has 1 aromatic rings. The van der Waals surface area contributed by atoms with Gasteiger partial charge in [-0.1, -0.05) is 29.8 Å². The molecule has 1 heterocycles. The van der Waals surface area contributed by atoms with Crippen molar-refractivity contribution in [2.45, 2.75) is 31.9 Å². The maximum Gasteiger partial charge on any atom is 0.222 e. The molecule has 1 aromatic carbocycles. The average molecular weight is 205 g/mol. The molecule has 1 aliphatic rings. The van der Waals surface area contributed by atoms with Crippen LogP contribution in [0.4, 0.5) is 0 Å². The van der Waals surface area contributed by atoms with Gasteiger partial charge in [0.15, 0.2) is 0 Å². The van der Waals surface area contributed by atoms with Crippen LogP contribution in [0, 0.1) is 6.92 Å². The van der Waals surface area contributed by atoms with Crippen LogP contribution in [0.2, 0.25) is 0 Å². The van der Waals surface area contributed by atoms with E-state index in [1.165, 1.54) is 5.56 Å². The minimum absolute atomic E-state index is 0.0308. The van der Waals surface area contributed by atoms with Gasteiger partial charge in [0.2, 0.25) is 5.91 Å². The Kier molecular flexibility index (Phi) is 2.73. The third-order valence-corrected chi connectivity index (χ3v) is 2.88. The van der Waals surface area contributed by atoms with Crippen LogP contribution in [0.15, 0.2) is 24.3 Å². The summed E-state index contributed by atoms with van der Waals surface area (Å²) in [6.07, 6.45) is 0.472. The van der Waals surface area contributed by atoms with Crippen molar-refractivity contribution in [3.05, 3.63) is 35.4 Å². The number of rotatable bonds is 1. The maximum absolute atomic E-state index is 11.0. The first-order valence-corrected chi connectivity index (χ1v) is 5.21. The highest BCUT2D eigenvalue weighted by Crippen LogP contribution is 2.27. The molecule has 0 saturated carbocycles. The van der Waals surface area contributed by atoms with E-state index in [2.05, 4.69) is 5.32 Å². The second kappa shape index (κ2) is 4.03. The van der Waals surface area contributed by atoms with Gasteiger partial charge in [-0.3, -0.25) is 4.79 Å². The van der Waals surface area contributed by atoms with E-state index in [4.69, 9.17) is 0 Å². The predicted octanol–water partition coefficient (Wildman–Crippen LogP) is 1.31. The third-order valence-electron chi connectivity index (χ3n) is 2.88. The summed E-state index contributed by atoms with van der Waals surface area (Å²) in [5, 5.41) is 12.3. The van der Waals surface area contributed by atoms with Gasteiger partial charge in [-0.15, -0.1) is 0 Å². The van der Waals surface area contributed by atoms with Crippen molar-refractivity contribution in [1.82, 2.24) is 5.32 Å². The van der Waals surface area contributed by atoms with Gasteiger partial charge in [0.25, 0.3) is 0 Å². The van der Waals surface area contributed by atoms with E-state index in [-0.39, 0.29) is 11.8 Å². The molecule has 1 amide bonds. The molecule has 0 aromatic heterocycles. The topological polar surface area (TPSA) is 49.3 Å². The van der Waals surface area contributed by atoms with Crippen LogP contribution in [0.25, 0.3) is 0 Å². The monoisotopic (exact) mass is 205 g/mol. The summed E-state index contributed by atoms with van der Waals surface area (Å²) in [6, 6.07) is 8.08. The summed E-state index contributed by atoms with van der Waals surface area (Å²) in [5.74, 6) is -0.0332. The summed E-state index contributed by atoms with van der Waals surface area (Å²) in [6.45, 7) is 2.03. The second-order valence-electron chi connectivity index (χ2n) is 4.07. The first kappa shape index (κ1) is 10.2. The summed E-state index contributed by atoms with van der Waals surface area (Å²) in [7, 11) is 0. The molecule has 1 aliphatic heterocycles. The lowest BCUT2D eigenvalue weighted by atomic mass is 9.89. The fourth-order valence-corrected chi connectivity index (χ4v) is 1.94. The van der Waals surface area contributed by atoms with E-state index in [1.54, 1.807) is 0 Å². The summed E-state index contributed by atoms with van der Waals surface area (Å²) in [5.41, 5.74) is 2.29. The average Bonchev–Trinajstić information content (AvgIpc) is 2.20. The fourth-order valence-electron chi connectivity index (χ4n) is 1.94. The van der Waals surface area contributed by atoms with E-state index >= 15 is 0 Å². The van der Waals surface area contributed by atoms with Gasteiger partial charge in [0, 0.05) is 12.3 Å². The normalized spacial score (nSPS) is 26.1. The number of hydrogen-bond donors (Lipinski definition) is 2. The first-order valence-electron chi connectivity index (χ1n) is 5.21. The zero-order valence-corrected chi connectivity index (χ0v) is 8.73. The van der Waals surface area contributed by atoms with Crippen molar-refractivity contribution in [3.63, 3.8) is 0 Å². The Balaban J connectivity index is 2.16. The Hall–Kier alpha value is -1.35. The molecule has 2 atom stereocenters. The van der Waals surface area contributed by atoms with Crippen LogP contribution < -0.4 is 5.32 Å². The lowest BCUT2D eigenvalue weighted by Crippen LogP contribution is -2.43. The lowest BCUT2D eigenvalue weighted by molar-refractivity contribution is -0.127. The Bertz CT molecular complexity index is 358. The number of aliphatic hydroxyl groups is 1. The molecule has 2 N–H and O–H groups in total. The third kappa shape index (κ3) is 2.18. The minimum Gasteiger partial charge on any atom is -0.373 e. The van der Waals surface area contributed by atoms with E-state index in [0.717, 1.165) is 12.0 Å². The zero-order chi connectivity index (χ0) is 10.8. The Labute approximate surface area is 89.1 Å². The van der Waals surface area contributed by atoms with Crippen molar-refractivity contribution in [3.8, 4) is 0 Å². The molecule has 2 unspecified atom stereocenters. The zero-order valence-electron chi connectivity index (χ0n) is 8.73. The van der Waals surface area contributed by atoms with Gasteiger partial charge in [0.05, 0.1) is 0 Å². The molecular weight excluding hydrogens is 190 g/mol. The van der Waals surface area contributed by atoms with Gasteiger partial charge in [-0.2, -0.15) is 0 Å². The van der Waals surface area contributed by atoms with Crippen LogP contribution in [-0.4, -0.2) is 17.2 Å². The molecule has 0 spiro atoms. The highest BCUT2D eigenvalue weighted by Gasteiger charge is 2.27. The highest BCUT2D eigenvalue weighted by atomic mass is 16.3. The molecular formula is C12H15NO2. The Morgan fingerprint density at radius 2 is 2.00 bits per heavy atom. The molecule has 0 bridgehead atoms. The van der Waals surface area contributed by atoms with E-state index < -0.39 is 6.23 Å². The van der Waals surface area contributed by atoms with Gasteiger partial charge < -0.3 is 10.4 Å². The fraction of sp³-hybridized carbons (Fsp3) is 0.417. The van der Waals surface area contributed by atoms with Crippen molar-refractivity contribution in [2.24, 2.45) is 0 Å². The summed E-state index contributed by atoms with van der Waals surface area (Å²) in [4.78, 5) is 11.0. The van der Waals surface area contributed by atoms with Crippen molar-refractivity contribution < 1.29 is 9.90 Å². The quantitative estimate of drug-likeness (QED) is 0.726. The number of piperidine rings is 1. The Morgan fingerprint density at radius 1 is 1.33 bits per heavy atom. The number of aryl methyl sites for hydroxylation is 1. The van der Waals surface area contributed by atoms with Gasteiger partial charge in [-0.25, -0.2) is 0 Å². The number of carbonyl (C=O) groups is 1. The molecule has 3 nitrogen and oxygen atoms in total. The van der Waals surface area contributed by atoms with Gasteiger partial charge in [0.1, 0.15) is 6.23 Å². The standard InChI is InChI=1S/C12H15NO2/c1-8-2-4-9(5-3-8)10-6-7-11(14)13-12(10)15/h2-5,10,12,15H,6-7H2,1H3,(H,13,14). The number of carbonyl (C=O) groups excluding carboxylic acids is 1. The van der Waals surface area contributed by atoms with Crippen molar-refractivity contribution in [2.75, 3.05) is 0 Å². The van der Waals surface area contributed by atoms with Crippen LogP contribution in [0.1, 0.15) is 29.9 Å². The molecule has 3 heteroatoms. The lowest BCUT2D eigenvalue weighted by Gasteiger charge is -2.28. The molecule has 1 fully saturated rings. The maximum atomic E-state index is 11.0. The first-order chi connectivity index (χ1) is 7.16. The second-order valence-corrected chi connectivity index (χ2v) is 4.07. The largest absolute Gasteiger partial charge is 0.373 e. The summed E-state index contributed by atoms with van der Waals surface area (Å²) >= 11 is 0. The van der Waals surface area contributed by atoms with Crippen molar-refractivity contribution in [1.29, 1.82) is 0 Å². The Morgan fingerprint density at radius 3 is 2.60 bits per heavy atom. The molecule has 2 rings (SSSR count). The van der Waals surface area contributed by atoms with Gasteiger partial charge in [-0.05, 0) is 18.9 Å². The SMILES string of the molecule is Cc1ccc(C2CCC(=O)NC2O)cc1. The summed E-state index contributed by atoms with van der Waals surface area (Å²) < 4.78 is 0. The highest BCUT2D eigenvalue weighted by molar-refractivity contribution is 5.77. The number of amides is 1. The van der Waals surface area contributed by atoms with E-state index in [0.29, 0.717) is 6.42 Å². The van der Waals surface area contributed by atoms with E-state index in [1.807, 2.05) is 31.2 Å². The number of hydrogen-bond acceptors (Lipinski definition) is 2. The molecule has 15 heavy (non-hydrogen) atoms. The van der Waals surface area contributed by atoms with Crippen LogP contribution in [-0.2, 0) is 4.79 Å². The van der Waals surface area contributed by atoms with Crippen LogP contribution >= 0.6 is 0 Å².